The number of allylic oxidation sites excluding steroid dienone is 4. The molecule has 0 fully saturated rings. The average molecular weight is 318 g/mol. The quantitative estimate of drug-likeness (QED) is 0.777. The van der Waals surface area contributed by atoms with E-state index in [4.69, 9.17) is 0 Å². The number of nitrogens with zero attached hydrogens (tertiary/aromatic N) is 2. The number of halogens is 1. The molecule has 2 nitrogen and oxygen atoms in total. The van der Waals surface area contributed by atoms with Gasteiger partial charge < -0.3 is 0 Å². The van der Waals surface area contributed by atoms with Gasteiger partial charge >= 0.3 is 119 Å². The summed E-state index contributed by atoms with van der Waals surface area (Å²) in [6.45, 7) is 0. The minimum atomic E-state index is -1.53. The van der Waals surface area contributed by atoms with Crippen molar-refractivity contribution in [1.82, 2.24) is 9.55 Å². The Morgan fingerprint density at radius 1 is 1.26 bits per heavy atom. The van der Waals surface area contributed by atoms with Gasteiger partial charge in [-0.25, -0.2) is 0 Å². The van der Waals surface area contributed by atoms with Crippen LogP contribution in [-0.4, -0.2) is 25.6 Å². The second-order valence-corrected chi connectivity index (χ2v) is 5.23. The van der Waals surface area contributed by atoms with E-state index < -0.39 is 5.79 Å². The molecule has 1 radical (unpaired) electrons. The minimum absolute atomic E-state index is 0.304. The molecule has 0 saturated heterocycles. The molecule has 1 heterocycles. The van der Waals surface area contributed by atoms with Crippen LogP contribution >= 0.6 is 0 Å². The van der Waals surface area contributed by atoms with Gasteiger partial charge in [0.15, 0.2) is 0 Å². The van der Waals surface area contributed by atoms with E-state index in [0.29, 0.717) is 11.1 Å². The molecule has 0 spiro atoms. The van der Waals surface area contributed by atoms with Crippen LogP contribution in [0.25, 0.3) is 5.57 Å². The summed E-state index contributed by atoms with van der Waals surface area (Å²) in [5.41, 5.74) is 2.16. The summed E-state index contributed by atoms with van der Waals surface area (Å²) in [7, 11) is 0. The van der Waals surface area contributed by atoms with Gasteiger partial charge in [-0.1, -0.05) is 0 Å². The maximum absolute atomic E-state index is 14.9. The van der Waals surface area contributed by atoms with Crippen molar-refractivity contribution in [2.45, 2.75) is 12.2 Å². The van der Waals surface area contributed by atoms with Gasteiger partial charge in [-0.2, -0.15) is 0 Å². The second kappa shape index (κ2) is 4.80. The summed E-state index contributed by atoms with van der Waals surface area (Å²) in [5.74, 6) is -1.53. The Balaban J connectivity index is 1.89. The van der Waals surface area contributed by atoms with Gasteiger partial charge in [0.05, 0.1) is 0 Å². The zero-order chi connectivity index (χ0) is 13.3. The Hall–Kier alpha value is -1.64. The summed E-state index contributed by atoms with van der Waals surface area (Å²) in [4.78, 5) is 4.03. The van der Waals surface area contributed by atoms with Crippen LogP contribution in [0.3, 0.4) is 0 Å². The van der Waals surface area contributed by atoms with Gasteiger partial charge in [0, 0.05) is 0 Å². The summed E-state index contributed by atoms with van der Waals surface area (Å²) >= 11 is 2.77. The van der Waals surface area contributed by atoms with E-state index in [1.807, 2.05) is 42.5 Å². The summed E-state index contributed by atoms with van der Waals surface area (Å²) in [5, 5.41) is 0. The van der Waals surface area contributed by atoms with E-state index in [0.717, 1.165) is 11.1 Å². The molecule has 0 bridgehead atoms. The van der Waals surface area contributed by atoms with Crippen molar-refractivity contribution in [3.8, 4) is 0 Å². The van der Waals surface area contributed by atoms with Crippen LogP contribution < -0.4 is 4.72 Å². The number of hydrogen-bond acceptors (Lipinski definition) is 1. The molecule has 1 aromatic carbocycles. The van der Waals surface area contributed by atoms with Crippen LogP contribution in [-0.2, 0) is 5.79 Å². The molecule has 1 unspecified atom stereocenters. The molecule has 4 heteroatoms. The number of hydrogen-bond donors (Lipinski definition) is 0. The van der Waals surface area contributed by atoms with E-state index in [9.17, 15) is 4.39 Å². The predicted molar refractivity (Wildman–Crippen MR) is 74.9 cm³/mol. The van der Waals surface area contributed by atoms with Crippen molar-refractivity contribution in [3.63, 3.8) is 0 Å². The first-order valence-corrected chi connectivity index (χ1v) is 6.89. The third-order valence-corrected chi connectivity index (χ3v) is 3.87. The standard InChI is InChI=1S/C15H12FN2Se/c16-15(18-11-10-17-14(18)19)8-6-13(7-9-15)12-4-2-1-3-5-12/h1-8,10-11H,9H2. The monoisotopic (exact) mass is 319 g/mol. The van der Waals surface area contributed by atoms with Crippen LogP contribution in [0, 0.1) is 0 Å². The molecule has 1 aliphatic carbocycles. The number of alkyl halides is 1. The van der Waals surface area contributed by atoms with E-state index in [1.54, 1.807) is 18.5 Å². The van der Waals surface area contributed by atoms with Crippen molar-refractivity contribution in [3.05, 3.63) is 66.5 Å². The third-order valence-electron chi connectivity index (χ3n) is 3.24. The molecule has 0 N–H and O–H groups in total. The first-order valence-electron chi connectivity index (χ1n) is 6.04. The van der Waals surface area contributed by atoms with Crippen molar-refractivity contribution in [2.24, 2.45) is 0 Å². The molecule has 1 aromatic heterocycles. The number of benzene rings is 1. The van der Waals surface area contributed by atoms with Crippen LogP contribution in [0.5, 0.6) is 0 Å². The van der Waals surface area contributed by atoms with Crippen LogP contribution in [0.1, 0.15) is 12.0 Å². The van der Waals surface area contributed by atoms with Crippen molar-refractivity contribution < 1.29 is 4.39 Å². The predicted octanol–water partition coefficient (Wildman–Crippen LogP) is 2.34. The first-order chi connectivity index (χ1) is 9.19. The first kappa shape index (κ1) is 12.4. The molecule has 0 aliphatic heterocycles. The van der Waals surface area contributed by atoms with Crippen LogP contribution in [0.15, 0.2) is 61.0 Å². The third kappa shape index (κ3) is 2.29. The molecule has 1 aliphatic rings. The molecule has 19 heavy (non-hydrogen) atoms. The zero-order valence-corrected chi connectivity index (χ0v) is 11.9. The zero-order valence-electron chi connectivity index (χ0n) is 10.2. The number of aromatic nitrogens is 2. The van der Waals surface area contributed by atoms with Gasteiger partial charge in [-0.3, -0.25) is 0 Å². The Labute approximate surface area is 119 Å². The van der Waals surface area contributed by atoms with Crippen molar-refractivity contribution in [1.29, 1.82) is 0 Å². The van der Waals surface area contributed by atoms with E-state index in [2.05, 4.69) is 21.0 Å². The van der Waals surface area contributed by atoms with E-state index >= 15 is 0 Å². The summed E-state index contributed by atoms with van der Waals surface area (Å²) in [6.07, 6.45) is 8.90. The fourth-order valence-corrected chi connectivity index (χ4v) is 2.78. The average Bonchev–Trinajstić information content (AvgIpc) is 2.88. The van der Waals surface area contributed by atoms with Crippen molar-refractivity contribution >= 4 is 26.3 Å². The normalized spacial score (nSPS) is 22.3. The fraction of sp³-hybridized carbons (Fsp3) is 0.133. The summed E-state index contributed by atoms with van der Waals surface area (Å²) in [6, 6.07) is 9.99. The van der Waals surface area contributed by atoms with E-state index in [1.165, 1.54) is 4.57 Å². The molecule has 1 atom stereocenters. The van der Waals surface area contributed by atoms with E-state index in [-0.39, 0.29) is 0 Å². The molecule has 2 aromatic rings. The topological polar surface area (TPSA) is 17.8 Å². The van der Waals surface area contributed by atoms with Gasteiger partial charge in [0.25, 0.3) is 0 Å². The number of imidazole rings is 1. The van der Waals surface area contributed by atoms with Gasteiger partial charge in [-0.05, 0) is 0 Å². The van der Waals surface area contributed by atoms with Crippen molar-refractivity contribution in [2.75, 3.05) is 0 Å². The van der Waals surface area contributed by atoms with Gasteiger partial charge in [0.1, 0.15) is 0 Å². The van der Waals surface area contributed by atoms with Gasteiger partial charge in [-0.15, -0.1) is 0 Å². The Morgan fingerprint density at radius 2 is 2.05 bits per heavy atom. The molecular weight excluding hydrogens is 306 g/mol. The Morgan fingerprint density at radius 3 is 2.63 bits per heavy atom. The van der Waals surface area contributed by atoms with Gasteiger partial charge in [0.2, 0.25) is 0 Å². The van der Waals surface area contributed by atoms with Crippen LogP contribution in [0.2, 0.25) is 0 Å². The Bertz CT molecular complexity index is 645. The maximum atomic E-state index is 14.9. The molecule has 0 amide bonds. The Kier molecular flexibility index (Phi) is 3.13. The molecule has 95 valence electrons. The molecule has 3 rings (SSSR count). The SMILES string of the molecule is FC1(n2ccnc2[Se])C=CC(c2ccccc2)=CC1. The number of rotatable bonds is 2. The summed E-state index contributed by atoms with van der Waals surface area (Å²) < 4.78 is 16.9. The molecular formula is C15H12FN2Se. The molecule has 0 saturated carbocycles. The second-order valence-electron chi connectivity index (χ2n) is 4.46. The fourth-order valence-electron chi connectivity index (χ4n) is 2.20. The van der Waals surface area contributed by atoms with Crippen LogP contribution in [0.4, 0.5) is 4.39 Å².